The highest BCUT2D eigenvalue weighted by molar-refractivity contribution is 7.24. The number of fused-ring (bicyclic) bond motifs is 1. The zero-order valence-corrected chi connectivity index (χ0v) is 20.3. The lowest BCUT2D eigenvalue weighted by molar-refractivity contribution is 0.105. The molecule has 0 atom stereocenters. The number of carbonyl (C=O) groups is 1. The number of benzene rings is 5. The molecule has 0 N–H and O–H groups in total. The van der Waals surface area contributed by atoms with Crippen LogP contribution in [0.15, 0.2) is 146 Å². The molecule has 0 bridgehead atoms. The van der Waals surface area contributed by atoms with Crippen LogP contribution >= 0.6 is 0 Å². The van der Waals surface area contributed by atoms with E-state index in [1.807, 2.05) is 30.3 Å². The lowest BCUT2D eigenvalue weighted by Gasteiger charge is -2.36. The Morgan fingerprint density at radius 1 is 0.400 bits per heavy atom. The van der Waals surface area contributed by atoms with E-state index in [9.17, 15) is 4.79 Å². The molecule has 0 heterocycles. The first-order chi connectivity index (χ1) is 17.3. The molecule has 0 fully saturated rings. The van der Waals surface area contributed by atoms with Gasteiger partial charge < -0.3 is 0 Å². The normalized spacial score (nSPS) is 13.1. The average Bonchev–Trinajstić information content (AvgIpc) is 3.24. The highest BCUT2D eigenvalue weighted by Gasteiger charge is 2.49. The van der Waals surface area contributed by atoms with Gasteiger partial charge in [0.05, 0.1) is 0 Å². The first kappa shape index (κ1) is 21.3. The van der Waals surface area contributed by atoms with Crippen molar-refractivity contribution in [2.75, 3.05) is 0 Å². The van der Waals surface area contributed by atoms with Crippen molar-refractivity contribution in [3.8, 4) is 0 Å². The summed E-state index contributed by atoms with van der Waals surface area (Å²) in [7, 11) is -2.87. The summed E-state index contributed by atoms with van der Waals surface area (Å²) in [6.07, 6.45) is 0. The van der Waals surface area contributed by atoms with Gasteiger partial charge in [-0.2, -0.15) is 0 Å². The van der Waals surface area contributed by atoms with Crippen LogP contribution in [-0.4, -0.2) is 13.9 Å². The summed E-state index contributed by atoms with van der Waals surface area (Å²) in [6.45, 7) is 0. The van der Waals surface area contributed by atoms with Crippen molar-refractivity contribution >= 4 is 40.2 Å². The van der Waals surface area contributed by atoms with Crippen LogP contribution in [-0.2, 0) is 0 Å². The minimum absolute atomic E-state index is 0.112. The Hall–Kier alpha value is -4.27. The number of hydrogen-bond donors (Lipinski definition) is 0. The lowest BCUT2D eigenvalue weighted by Crippen LogP contribution is -2.68. The summed E-state index contributed by atoms with van der Waals surface area (Å²) < 4.78 is 0. The van der Waals surface area contributed by atoms with Crippen molar-refractivity contribution in [3.63, 3.8) is 0 Å². The summed E-state index contributed by atoms with van der Waals surface area (Å²) in [4.78, 5) is 14.1. The molecule has 0 spiro atoms. The molecular formula is C33H24OSi. The van der Waals surface area contributed by atoms with Crippen LogP contribution in [0, 0.1) is 0 Å². The van der Waals surface area contributed by atoms with Crippen molar-refractivity contribution in [3.05, 3.63) is 162 Å². The molecule has 0 saturated carbocycles. The Bertz CT molecular complexity index is 1430. The van der Waals surface area contributed by atoms with Gasteiger partial charge in [0.1, 0.15) is 0 Å². The number of Topliss-reactive ketones (excluding diaryl/α,β-unsaturated/α-hetero) is 1. The van der Waals surface area contributed by atoms with Crippen molar-refractivity contribution in [2.45, 2.75) is 0 Å². The van der Waals surface area contributed by atoms with Crippen molar-refractivity contribution in [1.29, 1.82) is 0 Å². The minimum atomic E-state index is -2.87. The van der Waals surface area contributed by atoms with E-state index in [0.717, 1.165) is 22.3 Å². The molecule has 35 heavy (non-hydrogen) atoms. The van der Waals surface area contributed by atoms with Gasteiger partial charge in [-0.25, -0.2) is 0 Å². The molecule has 0 aliphatic heterocycles. The fourth-order valence-corrected chi connectivity index (χ4v) is 10.7. The zero-order chi connectivity index (χ0) is 23.7. The Kier molecular flexibility index (Phi) is 5.36. The van der Waals surface area contributed by atoms with Gasteiger partial charge in [-0.15, -0.1) is 0 Å². The number of ketones is 1. The predicted molar refractivity (Wildman–Crippen MR) is 148 cm³/mol. The Morgan fingerprint density at radius 3 is 1.23 bits per heavy atom. The molecule has 5 aromatic carbocycles. The molecule has 1 aliphatic carbocycles. The van der Waals surface area contributed by atoms with Crippen molar-refractivity contribution in [2.24, 2.45) is 0 Å². The summed E-state index contributed by atoms with van der Waals surface area (Å²) >= 11 is 0. The maximum atomic E-state index is 14.1. The summed E-state index contributed by atoms with van der Waals surface area (Å²) in [5.74, 6) is 0.112. The molecule has 0 unspecified atom stereocenters. The van der Waals surface area contributed by atoms with Gasteiger partial charge in [-0.05, 0) is 31.9 Å². The minimum Gasteiger partial charge on any atom is -0.289 e. The van der Waals surface area contributed by atoms with E-state index in [2.05, 4.69) is 115 Å². The smallest absolute Gasteiger partial charge is 0.194 e. The standard InChI is InChI=1S/C33H24OSi/c34-32-29-23-13-14-24-30(29)33(31(32)25-15-5-1-6-16-25)35(26-17-7-2-8-18-26,27-19-9-3-10-20-27)28-21-11-4-12-22-28/h1-24H. The molecule has 0 radical (unpaired) electrons. The molecule has 5 aromatic rings. The van der Waals surface area contributed by atoms with E-state index in [1.165, 1.54) is 20.8 Å². The second-order valence-corrected chi connectivity index (χ2v) is 12.6. The van der Waals surface area contributed by atoms with E-state index in [0.29, 0.717) is 0 Å². The summed E-state index contributed by atoms with van der Waals surface area (Å²) in [5.41, 5.74) is 3.65. The van der Waals surface area contributed by atoms with Crippen LogP contribution < -0.4 is 15.6 Å². The van der Waals surface area contributed by atoms with Gasteiger partial charge in [0, 0.05) is 11.1 Å². The predicted octanol–water partition coefficient (Wildman–Crippen LogP) is 5.50. The first-order valence-corrected chi connectivity index (χ1v) is 13.9. The van der Waals surface area contributed by atoms with Crippen LogP contribution in [0.4, 0.5) is 0 Å². The third-order valence-corrected chi connectivity index (χ3v) is 11.8. The van der Waals surface area contributed by atoms with Crippen LogP contribution in [0.1, 0.15) is 21.5 Å². The van der Waals surface area contributed by atoms with Crippen LogP contribution in [0.3, 0.4) is 0 Å². The third-order valence-electron chi connectivity index (χ3n) is 6.98. The maximum absolute atomic E-state index is 14.1. The number of allylic oxidation sites excluding steroid dienone is 1. The largest absolute Gasteiger partial charge is 0.289 e. The number of carbonyl (C=O) groups excluding carboxylic acids is 1. The fraction of sp³-hybridized carbons (Fsp3) is 0. The zero-order valence-electron chi connectivity index (χ0n) is 19.3. The van der Waals surface area contributed by atoms with Gasteiger partial charge in [0.15, 0.2) is 13.9 Å². The Morgan fingerprint density at radius 2 is 0.771 bits per heavy atom. The molecule has 0 saturated heterocycles. The second kappa shape index (κ2) is 8.82. The molecule has 0 aromatic heterocycles. The first-order valence-electron chi connectivity index (χ1n) is 11.9. The number of rotatable bonds is 5. The van der Waals surface area contributed by atoms with E-state index < -0.39 is 8.07 Å². The Labute approximate surface area is 207 Å². The molecule has 0 amide bonds. The Balaban J connectivity index is 1.85. The molecular weight excluding hydrogens is 440 g/mol. The average molecular weight is 465 g/mol. The van der Waals surface area contributed by atoms with E-state index in [1.54, 1.807) is 0 Å². The fourth-order valence-electron chi connectivity index (χ4n) is 5.55. The molecule has 2 heteroatoms. The number of hydrogen-bond acceptors (Lipinski definition) is 1. The quantitative estimate of drug-likeness (QED) is 0.248. The van der Waals surface area contributed by atoms with Crippen LogP contribution in [0.2, 0.25) is 0 Å². The van der Waals surface area contributed by atoms with Crippen LogP contribution in [0.25, 0.3) is 10.8 Å². The van der Waals surface area contributed by atoms with E-state index >= 15 is 0 Å². The topological polar surface area (TPSA) is 17.1 Å². The van der Waals surface area contributed by atoms with E-state index in [4.69, 9.17) is 0 Å². The second-order valence-electron chi connectivity index (χ2n) is 8.84. The van der Waals surface area contributed by atoms with Gasteiger partial charge in [-0.3, -0.25) is 4.79 Å². The molecule has 6 rings (SSSR count). The monoisotopic (exact) mass is 464 g/mol. The van der Waals surface area contributed by atoms with Gasteiger partial charge in [0.25, 0.3) is 0 Å². The van der Waals surface area contributed by atoms with Gasteiger partial charge >= 0.3 is 0 Å². The third kappa shape index (κ3) is 3.34. The molecule has 166 valence electrons. The van der Waals surface area contributed by atoms with Gasteiger partial charge in [0.2, 0.25) is 0 Å². The van der Waals surface area contributed by atoms with Crippen LogP contribution in [0.5, 0.6) is 0 Å². The highest BCUT2D eigenvalue weighted by atomic mass is 28.3. The van der Waals surface area contributed by atoms with Crippen molar-refractivity contribution in [1.82, 2.24) is 0 Å². The maximum Gasteiger partial charge on any atom is 0.194 e. The SMILES string of the molecule is O=C1C(c2ccccc2)=C([Si](c2ccccc2)(c2ccccc2)c2ccccc2)c2ccccc21. The summed E-state index contributed by atoms with van der Waals surface area (Å²) in [5, 5.41) is 4.98. The molecule has 1 nitrogen and oxygen atoms in total. The van der Waals surface area contributed by atoms with Gasteiger partial charge in [-0.1, -0.05) is 146 Å². The highest BCUT2D eigenvalue weighted by Crippen LogP contribution is 2.43. The van der Waals surface area contributed by atoms with Crippen molar-refractivity contribution < 1.29 is 4.79 Å². The van der Waals surface area contributed by atoms with E-state index in [-0.39, 0.29) is 5.78 Å². The molecule has 1 aliphatic rings. The lowest BCUT2D eigenvalue weighted by atomic mass is 10.0. The summed E-state index contributed by atoms with van der Waals surface area (Å²) in [6, 6.07) is 50.7.